The number of hydrogen-bond acceptors (Lipinski definition) is 3. The Morgan fingerprint density at radius 1 is 1.43 bits per heavy atom. The van der Waals surface area contributed by atoms with Gasteiger partial charge in [-0.15, -0.1) is 0 Å². The van der Waals surface area contributed by atoms with Crippen LogP contribution in [0.4, 0.5) is 15.8 Å². The summed E-state index contributed by atoms with van der Waals surface area (Å²) < 4.78 is 13.2. The van der Waals surface area contributed by atoms with Crippen molar-refractivity contribution in [2.45, 2.75) is 32.6 Å². The second-order valence-electron chi connectivity index (χ2n) is 5.76. The summed E-state index contributed by atoms with van der Waals surface area (Å²) in [6, 6.07) is 4.00. The molecule has 1 aromatic carbocycles. The molecule has 1 aliphatic heterocycles. The molecule has 1 aliphatic rings. The lowest BCUT2D eigenvalue weighted by Gasteiger charge is -2.19. The van der Waals surface area contributed by atoms with Crippen molar-refractivity contribution in [1.82, 2.24) is 4.90 Å². The average Bonchev–Trinajstić information content (AvgIpc) is 2.68. The molecule has 0 radical (unpaired) electrons. The van der Waals surface area contributed by atoms with Gasteiger partial charge in [-0.1, -0.05) is 13.3 Å². The molecule has 1 fully saturated rings. The second-order valence-corrected chi connectivity index (χ2v) is 5.76. The average molecular weight is 293 g/mol. The first kappa shape index (κ1) is 15.8. The van der Waals surface area contributed by atoms with E-state index in [1.54, 1.807) is 0 Å². The summed E-state index contributed by atoms with van der Waals surface area (Å²) in [5, 5.41) is 2.70. The van der Waals surface area contributed by atoms with Crippen LogP contribution in [0.2, 0.25) is 0 Å². The summed E-state index contributed by atoms with van der Waals surface area (Å²) in [5.41, 5.74) is 6.47. The van der Waals surface area contributed by atoms with E-state index in [0.717, 1.165) is 31.8 Å². The molecule has 1 aromatic rings. The van der Waals surface area contributed by atoms with E-state index < -0.39 is 5.82 Å². The van der Waals surface area contributed by atoms with Gasteiger partial charge in [0.1, 0.15) is 5.82 Å². The lowest BCUT2D eigenvalue weighted by atomic mass is 9.98. The van der Waals surface area contributed by atoms with Crippen LogP contribution in [0.3, 0.4) is 0 Å². The Labute approximate surface area is 125 Å². The second kappa shape index (κ2) is 7.41. The molecule has 1 unspecified atom stereocenters. The van der Waals surface area contributed by atoms with Gasteiger partial charge < -0.3 is 11.1 Å². The number of nitrogens with zero attached hydrogens (tertiary/aromatic N) is 1. The molecule has 1 atom stereocenters. The number of hydrogen-bond donors (Lipinski definition) is 2. The molecule has 0 saturated carbocycles. The molecule has 0 spiro atoms. The topological polar surface area (TPSA) is 58.4 Å². The fraction of sp³-hybridized carbons (Fsp3) is 0.562. The van der Waals surface area contributed by atoms with Crippen molar-refractivity contribution in [2.24, 2.45) is 5.92 Å². The molecular formula is C16H24FN3O. The summed E-state index contributed by atoms with van der Waals surface area (Å²) >= 11 is 0. The zero-order valence-electron chi connectivity index (χ0n) is 12.6. The highest BCUT2D eigenvalue weighted by Crippen LogP contribution is 2.21. The first-order valence-electron chi connectivity index (χ1n) is 7.65. The van der Waals surface area contributed by atoms with Crippen LogP contribution in [-0.4, -0.2) is 30.4 Å². The number of nitrogens with two attached hydrogens (primary N) is 1. The molecule has 0 aromatic heterocycles. The maximum atomic E-state index is 13.2. The number of likely N-dealkylation sites (tertiary alicyclic amines) is 1. The van der Waals surface area contributed by atoms with Gasteiger partial charge in [0.25, 0.3) is 0 Å². The standard InChI is InChI=1S/C16H24FN3O/c1-2-12-4-3-8-20(9-7-12)11-16(21)19-15-10-13(17)5-6-14(15)18/h5-6,10,12H,2-4,7-9,11,18H2,1H3,(H,19,21). The first-order valence-corrected chi connectivity index (χ1v) is 7.65. The normalized spacial score (nSPS) is 20.0. The number of rotatable bonds is 4. The van der Waals surface area contributed by atoms with Crippen molar-refractivity contribution in [3.63, 3.8) is 0 Å². The Balaban J connectivity index is 1.88. The monoisotopic (exact) mass is 293 g/mol. The molecule has 116 valence electrons. The quantitative estimate of drug-likeness (QED) is 0.839. The van der Waals surface area contributed by atoms with Gasteiger partial charge in [-0.25, -0.2) is 4.39 Å². The van der Waals surface area contributed by atoms with E-state index in [9.17, 15) is 9.18 Å². The SMILES string of the molecule is CCC1CCCN(CC(=O)Nc2cc(F)ccc2N)CC1. The lowest BCUT2D eigenvalue weighted by molar-refractivity contribution is -0.117. The summed E-state index contributed by atoms with van der Waals surface area (Å²) in [6.07, 6.45) is 4.73. The molecule has 1 amide bonds. The highest BCUT2D eigenvalue weighted by molar-refractivity contribution is 5.95. The third-order valence-corrected chi connectivity index (χ3v) is 4.17. The summed E-state index contributed by atoms with van der Waals surface area (Å²) in [7, 11) is 0. The number of nitrogen functional groups attached to an aromatic ring is 1. The van der Waals surface area contributed by atoms with E-state index in [2.05, 4.69) is 17.1 Å². The van der Waals surface area contributed by atoms with E-state index in [1.807, 2.05) is 0 Å². The van der Waals surface area contributed by atoms with Gasteiger partial charge >= 0.3 is 0 Å². The minimum Gasteiger partial charge on any atom is -0.397 e. The Kier molecular flexibility index (Phi) is 5.56. The predicted octanol–water partition coefficient (Wildman–Crippen LogP) is 2.86. The molecule has 0 bridgehead atoms. The van der Waals surface area contributed by atoms with Gasteiger partial charge in [0.15, 0.2) is 0 Å². The largest absolute Gasteiger partial charge is 0.397 e. The van der Waals surface area contributed by atoms with Gasteiger partial charge in [0.2, 0.25) is 5.91 Å². The third-order valence-electron chi connectivity index (χ3n) is 4.17. The number of halogens is 1. The van der Waals surface area contributed by atoms with Crippen LogP contribution in [0.1, 0.15) is 32.6 Å². The van der Waals surface area contributed by atoms with Gasteiger partial charge in [0.05, 0.1) is 17.9 Å². The zero-order valence-corrected chi connectivity index (χ0v) is 12.6. The van der Waals surface area contributed by atoms with Gasteiger partial charge in [-0.2, -0.15) is 0 Å². The molecule has 1 saturated heterocycles. The van der Waals surface area contributed by atoms with Gasteiger partial charge in [0, 0.05) is 0 Å². The van der Waals surface area contributed by atoms with Crippen molar-refractivity contribution in [3.8, 4) is 0 Å². The van der Waals surface area contributed by atoms with Crippen LogP contribution < -0.4 is 11.1 Å². The van der Waals surface area contributed by atoms with E-state index >= 15 is 0 Å². The zero-order chi connectivity index (χ0) is 15.2. The van der Waals surface area contributed by atoms with Crippen LogP contribution in [-0.2, 0) is 4.79 Å². The minimum atomic E-state index is -0.403. The summed E-state index contributed by atoms with van der Waals surface area (Å²) in [6.45, 7) is 4.46. The number of amides is 1. The van der Waals surface area contributed by atoms with Crippen molar-refractivity contribution in [1.29, 1.82) is 0 Å². The number of benzene rings is 1. The van der Waals surface area contributed by atoms with Crippen molar-refractivity contribution < 1.29 is 9.18 Å². The van der Waals surface area contributed by atoms with E-state index in [-0.39, 0.29) is 5.91 Å². The van der Waals surface area contributed by atoms with Crippen molar-refractivity contribution in [2.75, 3.05) is 30.7 Å². The van der Waals surface area contributed by atoms with Crippen LogP contribution in [0, 0.1) is 11.7 Å². The number of carbonyl (C=O) groups excluding carboxylic acids is 1. The number of anilines is 2. The smallest absolute Gasteiger partial charge is 0.238 e. The summed E-state index contributed by atoms with van der Waals surface area (Å²) in [4.78, 5) is 14.2. The molecule has 5 heteroatoms. The van der Waals surface area contributed by atoms with Gasteiger partial charge in [-0.3, -0.25) is 9.69 Å². The van der Waals surface area contributed by atoms with Crippen molar-refractivity contribution in [3.05, 3.63) is 24.0 Å². The highest BCUT2D eigenvalue weighted by atomic mass is 19.1. The molecule has 21 heavy (non-hydrogen) atoms. The van der Waals surface area contributed by atoms with Crippen LogP contribution >= 0.6 is 0 Å². The van der Waals surface area contributed by atoms with E-state index in [0.29, 0.717) is 17.9 Å². The van der Waals surface area contributed by atoms with Crippen LogP contribution in [0.5, 0.6) is 0 Å². The highest BCUT2D eigenvalue weighted by Gasteiger charge is 2.18. The Morgan fingerprint density at radius 3 is 3.00 bits per heavy atom. The fourth-order valence-corrected chi connectivity index (χ4v) is 2.82. The number of nitrogens with one attached hydrogen (secondary N) is 1. The molecule has 0 aliphatic carbocycles. The Bertz CT molecular complexity index is 492. The molecular weight excluding hydrogens is 269 g/mol. The minimum absolute atomic E-state index is 0.137. The Morgan fingerprint density at radius 2 is 2.24 bits per heavy atom. The predicted molar refractivity (Wildman–Crippen MR) is 83.5 cm³/mol. The maximum Gasteiger partial charge on any atom is 0.238 e. The first-order chi connectivity index (χ1) is 10.1. The lowest BCUT2D eigenvalue weighted by Crippen LogP contribution is -2.34. The molecule has 4 nitrogen and oxygen atoms in total. The fourth-order valence-electron chi connectivity index (χ4n) is 2.82. The van der Waals surface area contributed by atoms with Gasteiger partial charge in [-0.05, 0) is 56.5 Å². The van der Waals surface area contributed by atoms with Crippen LogP contribution in [0.15, 0.2) is 18.2 Å². The summed E-state index contributed by atoms with van der Waals surface area (Å²) in [5.74, 6) is 0.235. The Hall–Kier alpha value is -1.62. The van der Waals surface area contributed by atoms with Crippen molar-refractivity contribution >= 4 is 17.3 Å². The molecule has 1 heterocycles. The van der Waals surface area contributed by atoms with E-state index in [4.69, 9.17) is 5.73 Å². The molecule has 3 N–H and O–H groups in total. The van der Waals surface area contributed by atoms with E-state index in [1.165, 1.54) is 31.0 Å². The van der Waals surface area contributed by atoms with Crippen LogP contribution in [0.25, 0.3) is 0 Å². The maximum absolute atomic E-state index is 13.2. The number of carbonyl (C=O) groups is 1. The molecule has 2 rings (SSSR count). The third kappa shape index (κ3) is 4.70.